The van der Waals surface area contributed by atoms with Gasteiger partial charge in [-0.2, -0.15) is 0 Å². The van der Waals surface area contributed by atoms with E-state index in [1.807, 2.05) is 0 Å². The highest BCUT2D eigenvalue weighted by molar-refractivity contribution is 7.42. The molecule has 0 aliphatic rings. The Hall–Kier alpha value is -0.560. The van der Waals surface area contributed by atoms with Crippen LogP contribution in [0.1, 0.15) is 6.42 Å². The van der Waals surface area contributed by atoms with Gasteiger partial charge in [0.25, 0.3) is 0 Å². The molecule has 0 aromatic rings. The van der Waals surface area contributed by atoms with Crippen LogP contribution in [0.4, 0.5) is 0 Å². The van der Waals surface area contributed by atoms with Gasteiger partial charge in [0.2, 0.25) is 0 Å². The molecule has 74 valence electrons. The lowest BCUT2D eigenvalue weighted by atomic mass is 10.2. The fourth-order valence-electron chi connectivity index (χ4n) is 0.296. The third-order valence-electron chi connectivity index (χ3n) is 0.811. The molecular weight excluding hydrogens is 185 g/mol. The molecule has 0 fully saturated rings. The molecule has 0 heterocycles. The summed E-state index contributed by atoms with van der Waals surface area (Å²) in [6, 6.07) is -1.23. The van der Waals surface area contributed by atoms with Gasteiger partial charge in [0.05, 0.1) is 17.8 Å². The van der Waals surface area contributed by atoms with Crippen molar-refractivity contribution >= 4 is 19.8 Å². The Morgan fingerprint density at radius 2 is 1.92 bits per heavy atom. The Morgan fingerprint density at radius 3 is 2.17 bits per heavy atom. The van der Waals surface area contributed by atoms with E-state index in [0.29, 0.717) is 0 Å². The van der Waals surface area contributed by atoms with E-state index in [-0.39, 0.29) is 18.7 Å². The second-order valence-electron chi connectivity index (χ2n) is 1.63. The Kier molecular flexibility index (Phi) is 12.5. The number of rotatable bonds is 3. The SMILES string of the molecule is NC(CC=[P+]([O-])[O-])C(=O)[O-].[NH4+].[NH4+]. The molecule has 0 radical (unpaired) electrons. The van der Waals surface area contributed by atoms with Crippen molar-refractivity contribution in [2.75, 3.05) is 0 Å². The highest BCUT2D eigenvalue weighted by Crippen LogP contribution is 1.94. The summed E-state index contributed by atoms with van der Waals surface area (Å²) in [5, 5.41) is 9.86. The van der Waals surface area contributed by atoms with Crippen molar-refractivity contribution in [3.63, 3.8) is 0 Å². The summed E-state index contributed by atoms with van der Waals surface area (Å²) in [4.78, 5) is 29.5. The average Bonchev–Trinajstić information content (AvgIpc) is 1.82. The summed E-state index contributed by atoms with van der Waals surface area (Å²) >= 11 is 0. The smallest absolute Gasteiger partial charge is 0.0794 e. The van der Waals surface area contributed by atoms with Gasteiger partial charge in [-0.05, 0) is 8.00 Å². The predicted molar refractivity (Wildman–Crippen MR) is 42.6 cm³/mol. The summed E-state index contributed by atoms with van der Waals surface area (Å²) < 4.78 is 0. The maximum Gasteiger partial charge on any atom is 0.0794 e. The molecule has 0 aliphatic carbocycles. The van der Waals surface area contributed by atoms with Gasteiger partial charge in [0, 0.05) is 6.42 Å². The number of nitrogens with two attached hydrogens (primary N) is 1. The molecule has 0 aromatic carbocycles. The summed E-state index contributed by atoms with van der Waals surface area (Å²) in [6.07, 6.45) is -0.207. The maximum atomic E-state index is 9.86. The molecule has 0 saturated carbocycles. The third kappa shape index (κ3) is 9.44. The van der Waals surface area contributed by atoms with Gasteiger partial charge in [0.1, 0.15) is 0 Å². The van der Waals surface area contributed by atoms with Gasteiger partial charge in [0.15, 0.2) is 0 Å². The van der Waals surface area contributed by atoms with Crippen LogP contribution in [-0.2, 0) is 4.79 Å². The quantitative estimate of drug-likeness (QED) is 0.409. The van der Waals surface area contributed by atoms with Crippen molar-refractivity contribution in [3.8, 4) is 0 Å². The highest BCUT2D eigenvalue weighted by atomic mass is 31.1. The predicted octanol–water partition coefficient (Wildman–Crippen LogP) is -2.96. The second-order valence-corrected chi connectivity index (χ2v) is 2.57. The molecule has 8 heteroatoms. The van der Waals surface area contributed by atoms with Crippen LogP contribution < -0.4 is 32.9 Å². The van der Waals surface area contributed by atoms with Gasteiger partial charge in [-0.25, -0.2) is 0 Å². The van der Waals surface area contributed by atoms with Crippen molar-refractivity contribution in [3.05, 3.63) is 0 Å². The minimum absolute atomic E-state index is 0. The van der Waals surface area contributed by atoms with Gasteiger partial charge in [-0.3, -0.25) is 0 Å². The van der Waals surface area contributed by atoms with Crippen LogP contribution in [0.3, 0.4) is 0 Å². The van der Waals surface area contributed by atoms with E-state index in [9.17, 15) is 19.7 Å². The number of hydrogen-bond acceptors (Lipinski definition) is 5. The van der Waals surface area contributed by atoms with E-state index >= 15 is 0 Å². The van der Waals surface area contributed by atoms with Crippen LogP contribution in [-0.4, -0.2) is 17.8 Å². The summed E-state index contributed by atoms with van der Waals surface area (Å²) in [7, 11) is -2.65. The average molecular weight is 199 g/mol. The van der Waals surface area contributed by atoms with Crippen LogP contribution in [0, 0.1) is 0 Å². The van der Waals surface area contributed by atoms with E-state index < -0.39 is 20.0 Å². The molecule has 0 aromatic heterocycles. The number of aliphatic carboxylic acids is 1. The van der Waals surface area contributed by atoms with E-state index in [2.05, 4.69) is 0 Å². The van der Waals surface area contributed by atoms with Crippen LogP contribution >= 0.6 is 8.00 Å². The minimum Gasteiger partial charge on any atom is -0.634 e. The second kappa shape index (κ2) is 8.54. The Balaban J connectivity index is -0.000000405. The molecule has 7 nitrogen and oxygen atoms in total. The van der Waals surface area contributed by atoms with Gasteiger partial charge in [-0.1, -0.05) is 0 Å². The zero-order valence-corrected chi connectivity index (χ0v) is 7.91. The van der Waals surface area contributed by atoms with Crippen molar-refractivity contribution < 1.29 is 19.7 Å². The number of carboxylic acid groups (broad SMARTS) is 1. The van der Waals surface area contributed by atoms with Crippen LogP contribution in [0.25, 0.3) is 0 Å². The standard InChI is InChI=1S/C4H8NO4P.2H3N/c5-3(4(6)7)1-2-10(8)9;;/h2-3H,1,5H2,(H,6,7)(H,8,9);2*1H3. The lowest BCUT2D eigenvalue weighted by Crippen LogP contribution is -2.42. The number of carboxylic acids is 1. The molecule has 1 atom stereocenters. The summed E-state index contributed by atoms with van der Waals surface area (Å²) in [5.41, 5.74) is 4.90. The first-order valence-corrected chi connectivity index (χ1v) is 3.72. The number of hydrogen-bond donors (Lipinski definition) is 3. The Morgan fingerprint density at radius 1 is 1.50 bits per heavy atom. The molecule has 10 N–H and O–H groups in total. The Labute approximate surface area is 70.9 Å². The third-order valence-corrected chi connectivity index (χ3v) is 1.32. The lowest BCUT2D eigenvalue weighted by molar-refractivity contribution is -0.307. The zero-order valence-electron chi connectivity index (χ0n) is 7.02. The first-order chi connectivity index (χ1) is 4.54. The van der Waals surface area contributed by atoms with E-state index in [0.717, 1.165) is 5.80 Å². The monoisotopic (exact) mass is 199 g/mol. The topological polar surface area (TPSA) is 185 Å². The van der Waals surface area contributed by atoms with Crippen molar-refractivity contribution in [1.29, 1.82) is 0 Å². The van der Waals surface area contributed by atoms with Gasteiger partial charge >= 0.3 is 0 Å². The fraction of sp³-hybridized carbons (Fsp3) is 0.500. The molecule has 0 aliphatic heterocycles. The van der Waals surface area contributed by atoms with E-state index in [1.165, 1.54) is 0 Å². The van der Waals surface area contributed by atoms with E-state index in [1.54, 1.807) is 0 Å². The summed E-state index contributed by atoms with van der Waals surface area (Å²) in [6.45, 7) is 0. The molecule has 0 saturated heterocycles. The lowest BCUT2D eigenvalue weighted by Gasteiger charge is -2.08. The molecule has 1 unspecified atom stereocenters. The first-order valence-electron chi connectivity index (χ1n) is 2.47. The molecule has 12 heavy (non-hydrogen) atoms. The normalized spacial score (nSPS) is 10.2. The van der Waals surface area contributed by atoms with Crippen molar-refractivity contribution in [1.82, 2.24) is 12.3 Å². The van der Waals surface area contributed by atoms with E-state index in [4.69, 9.17) is 5.73 Å². The van der Waals surface area contributed by atoms with Crippen molar-refractivity contribution in [2.24, 2.45) is 5.73 Å². The molecule has 0 amide bonds. The Bertz CT molecular complexity index is 158. The van der Waals surface area contributed by atoms with Crippen LogP contribution in [0.2, 0.25) is 0 Å². The largest absolute Gasteiger partial charge is 0.634 e. The van der Waals surface area contributed by atoms with Crippen molar-refractivity contribution in [2.45, 2.75) is 12.5 Å². The molecule has 0 spiro atoms. The first kappa shape index (κ1) is 17.5. The number of quaternary nitrogens is 2. The fourth-order valence-corrected chi connectivity index (χ4v) is 0.695. The van der Waals surface area contributed by atoms with Gasteiger partial charge in [-0.15, -0.1) is 0 Å². The van der Waals surface area contributed by atoms with Crippen LogP contribution in [0.15, 0.2) is 0 Å². The zero-order chi connectivity index (χ0) is 8.15. The summed E-state index contributed by atoms with van der Waals surface area (Å²) in [5.74, 6) is -0.636. The molecular formula is C4H14N3O4P. The number of carbonyl (C=O) groups excluding carboxylic acids is 1. The van der Waals surface area contributed by atoms with Gasteiger partial charge < -0.3 is 37.7 Å². The minimum atomic E-state index is -2.65. The highest BCUT2D eigenvalue weighted by Gasteiger charge is 2.00. The molecule has 0 rings (SSSR count). The number of carbonyl (C=O) groups is 1. The molecule has 0 bridgehead atoms. The maximum absolute atomic E-state index is 9.86. The van der Waals surface area contributed by atoms with Crippen LogP contribution in [0.5, 0.6) is 0 Å².